The summed E-state index contributed by atoms with van der Waals surface area (Å²) in [6.45, 7) is 0.151. The van der Waals surface area contributed by atoms with Crippen LogP contribution in [0.3, 0.4) is 0 Å². The molecular weight excluding hydrogens is 246 g/mol. The number of anilines is 1. The molecule has 1 saturated heterocycles. The third-order valence-corrected chi connectivity index (χ3v) is 2.75. The van der Waals surface area contributed by atoms with E-state index in [1.807, 2.05) is 0 Å². The van der Waals surface area contributed by atoms with Crippen LogP contribution in [0.5, 0.6) is 0 Å². The van der Waals surface area contributed by atoms with Crippen molar-refractivity contribution in [1.82, 2.24) is 9.55 Å². The fraction of sp³-hybridized carbons (Fsp3) is 0.556. The summed E-state index contributed by atoms with van der Waals surface area (Å²) in [5.41, 5.74) is 4.88. The molecule has 94 valence electrons. The van der Waals surface area contributed by atoms with Gasteiger partial charge >= 0.3 is 5.69 Å². The number of aliphatic hydroxyl groups is 1. The van der Waals surface area contributed by atoms with Gasteiger partial charge in [0, 0.05) is 12.6 Å². The number of rotatable bonds is 3. The monoisotopic (exact) mass is 259 g/mol. The number of hydrogen-bond donors (Lipinski definition) is 3. The predicted molar refractivity (Wildman–Crippen MR) is 62.4 cm³/mol. The van der Waals surface area contributed by atoms with E-state index in [0.717, 1.165) is 0 Å². The fourth-order valence-corrected chi connectivity index (χ4v) is 1.90. The number of aliphatic hydroxyl groups excluding tert-OH is 1. The van der Waals surface area contributed by atoms with E-state index in [1.54, 1.807) is 0 Å². The van der Waals surface area contributed by atoms with Crippen LogP contribution in [0, 0.1) is 0 Å². The number of aromatic nitrogens is 2. The molecule has 1 aliphatic rings. The number of thiol groups is 1. The van der Waals surface area contributed by atoms with Gasteiger partial charge in [0.1, 0.15) is 18.1 Å². The van der Waals surface area contributed by atoms with Crippen molar-refractivity contribution >= 4 is 18.7 Å². The Hall–Kier alpha value is -1.09. The molecule has 0 saturated carbocycles. The lowest BCUT2D eigenvalue weighted by atomic mass is 10.2. The van der Waals surface area contributed by atoms with E-state index < -0.39 is 24.1 Å². The van der Waals surface area contributed by atoms with Gasteiger partial charge in [-0.3, -0.25) is 4.57 Å². The summed E-state index contributed by atoms with van der Waals surface area (Å²) in [4.78, 5) is 15.2. The topological polar surface area (TPSA) is 99.6 Å². The van der Waals surface area contributed by atoms with Crippen molar-refractivity contribution in [2.45, 2.75) is 24.9 Å². The molecule has 2 heterocycles. The SMILES string of the molecule is Nc1ccn([C@H]2C[C@H](O)[C@@H](COS)O2)c(=O)n1. The smallest absolute Gasteiger partial charge is 0.351 e. The third kappa shape index (κ3) is 2.60. The highest BCUT2D eigenvalue weighted by Gasteiger charge is 2.35. The molecule has 1 fully saturated rings. The second kappa shape index (κ2) is 5.05. The second-order valence-electron chi connectivity index (χ2n) is 3.77. The van der Waals surface area contributed by atoms with Crippen LogP contribution in [0.15, 0.2) is 17.1 Å². The number of nitrogen functional groups attached to an aromatic ring is 1. The molecule has 3 atom stereocenters. The van der Waals surface area contributed by atoms with Crippen LogP contribution >= 0.6 is 12.9 Å². The Morgan fingerprint density at radius 2 is 2.53 bits per heavy atom. The number of hydrogen-bond acceptors (Lipinski definition) is 7. The lowest BCUT2D eigenvalue weighted by molar-refractivity contribution is -0.0375. The van der Waals surface area contributed by atoms with E-state index in [4.69, 9.17) is 10.5 Å². The molecule has 0 spiro atoms. The van der Waals surface area contributed by atoms with Crippen molar-refractivity contribution in [1.29, 1.82) is 0 Å². The first-order chi connectivity index (χ1) is 8.11. The largest absolute Gasteiger partial charge is 0.390 e. The minimum absolute atomic E-state index is 0.151. The van der Waals surface area contributed by atoms with Crippen LogP contribution in [0.2, 0.25) is 0 Å². The normalized spacial score (nSPS) is 28.5. The van der Waals surface area contributed by atoms with E-state index in [9.17, 15) is 9.90 Å². The van der Waals surface area contributed by atoms with E-state index in [0.29, 0.717) is 6.42 Å². The molecule has 3 N–H and O–H groups in total. The van der Waals surface area contributed by atoms with Crippen LogP contribution in [0.1, 0.15) is 12.6 Å². The zero-order valence-electron chi connectivity index (χ0n) is 8.89. The molecule has 1 aromatic rings. The van der Waals surface area contributed by atoms with Gasteiger partial charge in [-0.15, -0.1) is 0 Å². The molecule has 0 aliphatic carbocycles. The minimum atomic E-state index is -0.698. The summed E-state index contributed by atoms with van der Waals surface area (Å²) in [6.07, 6.45) is 0.0388. The van der Waals surface area contributed by atoms with Gasteiger partial charge in [-0.1, -0.05) is 0 Å². The predicted octanol–water partition coefficient (Wildman–Crippen LogP) is -0.665. The summed E-state index contributed by atoms with van der Waals surface area (Å²) >= 11 is 3.60. The molecule has 0 radical (unpaired) electrons. The Kier molecular flexibility index (Phi) is 3.67. The molecule has 8 heteroatoms. The molecule has 1 aromatic heterocycles. The van der Waals surface area contributed by atoms with Crippen LogP contribution < -0.4 is 11.4 Å². The Labute approximate surface area is 103 Å². The maximum atomic E-state index is 11.6. The maximum absolute atomic E-state index is 11.6. The summed E-state index contributed by atoms with van der Waals surface area (Å²) in [6, 6.07) is 1.50. The molecular formula is C9H13N3O4S. The highest BCUT2D eigenvalue weighted by molar-refractivity contribution is 7.75. The average Bonchev–Trinajstić information content (AvgIpc) is 2.60. The first-order valence-electron chi connectivity index (χ1n) is 5.06. The van der Waals surface area contributed by atoms with Gasteiger partial charge < -0.3 is 19.8 Å². The third-order valence-electron chi connectivity index (χ3n) is 2.60. The van der Waals surface area contributed by atoms with E-state index >= 15 is 0 Å². The molecule has 0 amide bonds. The zero-order valence-corrected chi connectivity index (χ0v) is 9.79. The van der Waals surface area contributed by atoms with Crippen LogP contribution in [0.4, 0.5) is 5.82 Å². The average molecular weight is 259 g/mol. The van der Waals surface area contributed by atoms with Crippen molar-refractivity contribution in [3.8, 4) is 0 Å². The number of nitrogens with two attached hydrogens (primary N) is 1. The van der Waals surface area contributed by atoms with E-state index in [1.165, 1.54) is 16.8 Å². The van der Waals surface area contributed by atoms with Crippen LogP contribution in [0.25, 0.3) is 0 Å². The molecule has 17 heavy (non-hydrogen) atoms. The summed E-state index contributed by atoms with van der Waals surface area (Å²) in [5, 5.41) is 9.70. The quantitative estimate of drug-likeness (QED) is 0.492. The Morgan fingerprint density at radius 3 is 3.18 bits per heavy atom. The Balaban J connectivity index is 2.17. The van der Waals surface area contributed by atoms with E-state index in [-0.39, 0.29) is 12.4 Å². The van der Waals surface area contributed by atoms with Crippen molar-refractivity contribution in [2.24, 2.45) is 0 Å². The standard InChI is InChI=1S/C9H13N3O4S/c10-7-1-2-12(9(14)11-7)8-3-5(13)6(16-8)4-15-17/h1-2,5-6,8,13,17H,3-4H2,(H2,10,11,14)/t5-,6+,8+/m0/s1. The first kappa shape index (κ1) is 12.4. The highest BCUT2D eigenvalue weighted by Crippen LogP contribution is 2.27. The van der Waals surface area contributed by atoms with Gasteiger partial charge in [0.25, 0.3) is 0 Å². The maximum Gasteiger partial charge on any atom is 0.351 e. The lowest BCUT2D eigenvalue weighted by Crippen LogP contribution is -2.28. The molecule has 1 aliphatic heterocycles. The highest BCUT2D eigenvalue weighted by atomic mass is 32.1. The summed E-state index contributed by atoms with van der Waals surface area (Å²) in [5.74, 6) is 0.153. The van der Waals surface area contributed by atoms with Gasteiger partial charge in [0.2, 0.25) is 0 Å². The van der Waals surface area contributed by atoms with Crippen LogP contribution in [-0.4, -0.2) is 33.5 Å². The first-order valence-corrected chi connectivity index (χ1v) is 5.43. The Bertz CT molecular complexity index is 452. The van der Waals surface area contributed by atoms with Crippen LogP contribution in [-0.2, 0) is 8.92 Å². The molecule has 0 aromatic carbocycles. The molecule has 0 unspecified atom stereocenters. The zero-order chi connectivity index (χ0) is 12.4. The summed E-state index contributed by atoms with van der Waals surface area (Å²) in [7, 11) is 0. The Morgan fingerprint density at radius 1 is 1.76 bits per heavy atom. The molecule has 0 bridgehead atoms. The van der Waals surface area contributed by atoms with Gasteiger partial charge in [0.05, 0.1) is 12.7 Å². The number of nitrogens with zero attached hydrogens (tertiary/aromatic N) is 2. The summed E-state index contributed by atoms with van der Waals surface area (Å²) < 4.78 is 11.4. The van der Waals surface area contributed by atoms with Gasteiger partial charge in [0.15, 0.2) is 0 Å². The minimum Gasteiger partial charge on any atom is -0.390 e. The van der Waals surface area contributed by atoms with Gasteiger partial charge in [-0.2, -0.15) is 4.98 Å². The van der Waals surface area contributed by atoms with E-state index in [2.05, 4.69) is 22.1 Å². The van der Waals surface area contributed by atoms with Crippen molar-refractivity contribution in [2.75, 3.05) is 12.3 Å². The van der Waals surface area contributed by atoms with Gasteiger partial charge in [-0.25, -0.2) is 4.79 Å². The van der Waals surface area contributed by atoms with Gasteiger partial charge in [-0.05, 0) is 19.0 Å². The van der Waals surface area contributed by atoms with Crippen molar-refractivity contribution < 1.29 is 14.0 Å². The number of ether oxygens (including phenoxy) is 1. The van der Waals surface area contributed by atoms with Crippen molar-refractivity contribution in [3.63, 3.8) is 0 Å². The molecule has 2 rings (SSSR count). The van der Waals surface area contributed by atoms with Crippen molar-refractivity contribution in [3.05, 3.63) is 22.7 Å². The fourth-order valence-electron chi connectivity index (χ4n) is 1.75. The lowest BCUT2D eigenvalue weighted by Gasteiger charge is -2.14. The molecule has 7 nitrogen and oxygen atoms in total. The second-order valence-corrected chi connectivity index (χ2v) is 4.03.